The number of anilines is 2. The van der Waals surface area contributed by atoms with Gasteiger partial charge in [0.05, 0.1) is 4.47 Å². The van der Waals surface area contributed by atoms with Crippen LogP contribution in [0.25, 0.3) is 11.1 Å². The monoisotopic (exact) mass is 530 g/mol. The van der Waals surface area contributed by atoms with Crippen LogP contribution >= 0.6 is 15.9 Å². The van der Waals surface area contributed by atoms with E-state index in [-0.39, 0.29) is 25.0 Å². The van der Waals surface area contributed by atoms with Crippen molar-refractivity contribution >= 4 is 39.1 Å². The van der Waals surface area contributed by atoms with Crippen LogP contribution in [-0.2, 0) is 9.59 Å². The molecule has 0 aliphatic heterocycles. The van der Waals surface area contributed by atoms with Gasteiger partial charge in [-0.05, 0) is 69.5 Å². The van der Waals surface area contributed by atoms with Crippen molar-refractivity contribution in [2.24, 2.45) is 0 Å². The maximum absolute atomic E-state index is 12.4. The molecule has 2 N–H and O–H groups in total. The van der Waals surface area contributed by atoms with E-state index in [4.69, 9.17) is 9.47 Å². The Morgan fingerprint density at radius 1 is 0.629 bits per heavy atom. The van der Waals surface area contributed by atoms with Gasteiger partial charge in [0.1, 0.15) is 11.5 Å². The number of nitrogens with one attached hydrogen (secondary N) is 2. The first kappa shape index (κ1) is 24.0. The highest BCUT2D eigenvalue weighted by atomic mass is 79.9. The minimum absolute atomic E-state index is 0.119. The van der Waals surface area contributed by atoms with Crippen LogP contribution in [0.2, 0.25) is 0 Å². The minimum Gasteiger partial charge on any atom is -0.484 e. The minimum atomic E-state index is -0.320. The van der Waals surface area contributed by atoms with Gasteiger partial charge in [-0.25, -0.2) is 0 Å². The molecular weight excluding hydrogens is 508 g/mol. The fourth-order valence-electron chi connectivity index (χ4n) is 3.31. The van der Waals surface area contributed by atoms with Gasteiger partial charge >= 0.3 is 0 Å². The molecule has 0 atom stereocenters. The second-order valence-electron chi connectivity index (χ2n) is 7.58. The number of ether oxygens (including phenoxy) is 2. The molecule has 35 heavy (non-hydrogen) atoms. The summed E-state index contributed by atoms with van der Waals surface area (Å²) in [4.78, 5) is 24.6. The van der Waals surface area contributed by atoms with Crippen LogP contribution in [0, 0.1) is 0 Å². The highest BCUT2D eigenvalue weighted by Crippen LogP contribution is 2.30. The Morgan fingerprint density at radius 2 is 1.23 bits per heavy atom. The van der Waals surface area contributed by atoms with Crippen molar-refractivity contribution < 1.29 is 19.1 Å². The summed E-state index contributed by atoms with van der Waals surface area (Å²) in [5.74, 6) is 0.564. The average Bonchev–Trinajstić information content (AvgIpc) is 2.88. The Morgan fingerprint density at radius 3 is 1.86 bits per heavy atom. The van der Waals surface area contributed by atoms with Gasteiger partial charge in [0.15, 0.2) is 13.2 Å². The Bertz CT molecular complexity index is 1300. The first-order valence-corrected chi connectivity index (χ1v) is 11.7. The van der Waals surface area contributed by atoms with Gasteiger partial charge in [-0.1, -0.05) is 60.7 Å². The highest BCUT2D eigenvalue weighted by molar-refractivity contribution is 9.10. The van der Waals surface area contributed by atoms with E-state index in [1.807, 2.05) is 66.7 Å². The summed E-state index contributed by atoms with van der Waals surface area (Å²) in [6, 6.07) is 31.7. The van der Waals surface area contributed by atoms with Crippen molar-refractivity contribution in [2.75, 3.05) is 23.8 Å². The van der Waals surface area contributed by atoms with Crippen molar-refractivity contribution in [2.45, 2.75) is 0 Å². The number of carbonyl (C=O) groups is 2. The maximum atomic E-state index is 12.4. The number of amides is 2. The van der Waals surface area contributed by atoms with E-state index in [9.17, 15) is 9.59 Å². The van der Waals surface area contributed by atoms with Crippen molar-refractivity contribution in [1.82, 2.24) is 0 Å². The number of hydrogen-bond donors (Lipinski definition) is 2. The summed E-state index contributed by atoms with van der Waals surface area (Å²) in [5, 5.41) is 5.54. The summed E-state index contributed by atoms with van der Waals surface area (Å²) >= 11 is 3.51. The van der Waals surface area contributed by atoms with Crippen LogP contribution in [-0.4, -0.2) is 25.0 Å². The molecule has 2 amide bonds. The molecule has 4 aromatic rings. The molecule has 7 heteroatoms. The van der Waals surface area contributed by atoms with Gasteiger partial charge < -0.3 is 20.1 Å². The third kappa shape index (κ3) is 7.19. The number of carbonyl (C=O) groups excluding carboxylic acids is 2. The van der Waals surface area contributed by atoms with E-state index in [1.165, 1.54) is 0 Å². The Labute approximate surface area is 212 Å². The van der Waals surface area contributed by atoms with Crippen LogP contribution < -0.4 is 20.1 Å². The third-order valence-electron chi connectivity index (χ3n) is 4.94. The van der Waals surface area contributed by atoms with Crippen LogP contribution in [0.15, 0.2) is 108 Å². The van der Waals surface area contributed by atoms with Gasteiger partial charge in [0, 0.05) is 11.4 Å². The summed E-state index contributed by atoms with van der Waals surface area (Å²) in [6.45, 7) is -0.281. The molecule has 0 saturated heterocycles. The van der Waals surface area contributed by atoms with E-state index in [0.717, 1.165) is 15.6 Å². The van der Waals surface area contributed by atoms with Crippen LogP contribution in [0.3, 0.4) is 0 Å². The normalized spacial score (nSPS) is 10.3. The highest BCUT2D eigenvalue weighted by Gasteiger charge is 2.09. The lowest BCUT2D eigenvalue weighted by Crippen LogP contribution is -2.21. The van der Waals surface area contributed by atoms with E-state index in [1.54, 1.807) is 36.4 Å². The lowest BCUT2D eigenvalue weighted by atomic mass is 10.1. The molecule has 0 heterocycles. The molecule has 4 rings (SSSR count). The number of hydrogen-bond acceptors (Lipinski definition) is 4. The molecule has 0 bridgehead atoms. The largest absolute Gasteiger partial charge is 0.484 e. The van der Waals surface area contributed by atoms with Crippen molar-refractivity contribution in [3.63, 3.8) is 0 Å². The zero-order valence-electron chi connectivity index (χ0n) is 18.7. The molecule has 0 fully saturated rings. The van der Waals surface area contributed by atoms with E-state index in [0.29, 0.717) is 22.9 Å². The molecule has 0 aliphatic carbocycles. The number of halogens is 1. The lowest BCUT2D eigenvalue weighted by molar-refractivity contribution is -0.118. The molecule has 0 unspecified atom stereocenters. The molecule has 176 valence electrons. The van der Waals surface area contributed by atoms with E-state index in [2.05, 4.69) is 26.6 Å². The van der Waals surface area contributed by atoms with Crippen LogP contribution in [0.4, 0.5) is 11.4 Å². The molecule has 0 aromatic heterocycles. The van der Waals surface area contributed by atoms with E-state index < -0.39 is 0 Å². The predicted molar refractivity (Wildman–Crippen MR) is 141 cm³/mol. The van der Waals surface area contributed by atoms with Gasteiger partial charge in [-0.15, -0.1) is 0 Å². The lowest BCUT2D eigenvalue weighted by Gasteiger charge is -2.12. The van der Waals surface area contributed by atoms with Crippen molar-refractivity contribution in [3.8, 4) is 22.6 Å². The van der Waals surface area contributed by atoms with Crippen LogP contribution in [0.1, 0.15) is 0 Å². The first-order chi connectivity index (χ1) is 17.1. The number of benzene rings is 4. The van der Waals surface area contributed by atoms with Gasteiger partial charge in [0.25, 0.3) is 11.8 Å². The molecule has 0 spiro atoms. The molecule has 4 aromatic carbocycles. The van der Waals surface area contributed by atoms with Crippen molar-refractivity contribution in [3.05, 3.63) is 108 Å². The quantitative estimate of drug-likeness (QED) is 0.272. The molecular formula is C28H23BrN2O4. The van der Waals surface area contributed by atoms with Crippen molar-refractivity contribution in [1.29, 1.82) is 0 Å². The average molecular weight is 531 g/mol. The smallest absolute Gasteiger partial charge is 0.262 e. The second-order valence-corrected chi connectivity index (χ2v) is 8.43. The van der Waals surface area contributed by atoms with Gasteiger partial charge in [0.2, 0.25) is 0 Å². The fourth-order valence-corrected chi connectivity index (χ4v) is 3.80. The Hall–Kier alpha value is -4.10. The summed E-state index contributed by atoms with van der Waals surface area (Å²) in [5.41, 5.74) is 3.22. The molecule has 6 nitrogen and oxygen atoms in total. The molecule has 0 aliphatic rings. The first-order valence-electron chi connectivity index (χ1n) is 10.9. The SMILES string of the molecule is O=C(COc1ccccc1)Nc1cccc(NC(=O)COc2ccc(-c3ccccc3)cc2Br)c1. The number of para-hydroxylation sites is 1. The zero-order chi connectivity index (χ0) is 24.5. The predicted octanol–water partition coefficient (Wildman–Crippen LogP) is 6.15. The second kappa shape index (κ2) is 11.9. The summed E-state index contributed by atoms with van der Waals surface area (Å²) in [6.07, 6.45) is 0. The van der Waals surface area contributed by atoms with Gasteiger partial charge in [-0.2, -0.15) is 0 Å². The summed E-state index contributed by atoms with van der Waals surface area (Å²) in [7, 11) is 0. The number of rotatable bonds is 9. The van der Waals surface area contributed by atoms with E-state index >= 15 is 0 Å². The maximum Gasteiger partial charge on any atom is 0.262 e. The van der Waals surface area contributed by atoms with Crippen LogP contribution in [0.5, 0.6) is 11.5 Å². The van der Waals surface area contributed by atoms with Gasteiger partial charge in [-0.3, -0.25) is 9.59 Å². The zero-order valence-corrected chi connectivity index (χ0v) is 20.3. The summed E-state index contributed by atoms with van der Waals surface area (Å²) < 4.78 is 11.9. The topological polar surface area (TPSA) is 76.7 Å². The fraction of sp³-hybridized carbons (Fsp3) is 0.0714. The third-order valence-corrected chi connectivity index (χ3v) is 5.56. The molecule has 0 saturated carbocycles. The Kier molecular flexibility index (Phi) is 8.14. The Balaban J connectivity index is 1.27. The standard InChI is InChI=1S/C28H23BrN2O4/c29-25-16-21(20-8-3-1-4-9-20)14-15-26(25)35-19-28(33)31-23-11-7-10-22(17-23)30-27(32)18-34-24-12-5-2-6-13-24/h1-17H,18-19H2,(H,30,32)(H,31,33). The molecule has 0 radical (unpaired) electrons.